The van der Waals surface area contributed by atoms with E-state index >= 15 is 0 Å². The van der Waals surface area contributed by atoms with Crippen LogP contribution in [0.4, 0.5) is 0 Å². The van der Waals surface area contributed by atoms with Gasteiger partial charge >= 0.3 is 0 Å². The van der Waals surface area contributed by atoms with E-state index < -0.39 is 0 Å². The van der Waals surface area contributed by atoms with Crippen molar-refractivity contribution in [2.24, 2.45) is 0 Å². The minimum atomic E-state index is 0.539. The first-order valence-electron chi connectivity index (χ1n) is 6.55. The van der Waals surface area contributed by atoms with Crippen LogP contribution in [0.2, 0.25) is 0 Å². The highest BCUT2D eigenvalue weighted by Gasteiger charge is 2.19. The molecule has 2 aromatic rings. The van der Waals surface area contributed by atoms with E-state index in [4.69, 9.17) is 0 Å². The lowest BCUT2D eigenvalue weighted by Crippen LogP contribution is -2.30. The van der Waals surface area contributed by atoms with E-state index in [0.29, 0.717) is 5.92 Å². The van der Waals surface area contributed by atoms with Gasteiger partial charge in [-0.15, -0.1) is 0 Å². The first-order chi connectivity index (χ1) is 8.93. The summed E-state index contributed by atoms with van der Waals surface area (Å²) in [5.74, 6) is 1.73. The average molecular weight is 242 g/mol. The smallest absolute Gasteiger partial charge is 0.113 e. The molecule has 1 atom stereocenters. The van der Waals surface area contributed by atoms with Crippen molar-refractivity contribution in [2.75, 3.05) is 13.1 Å². The van der Waals surface area contributed by atoms with Crippen LogP contribution in [0, 0.1) is 0 Å². The number of pyridine rings is 1. The molecule has 0 aromatic carbocycles. The van der Waals surface area contributed by atoms with Crippen LogP contribution in [0.15, 0.2) is 36.8 Å². The second-order valence-electron chi connectivity index (χ2n) is 4.78. The van der Waals surface area contributed by atoms with Gasteiger partial charge in [0.1, 0.15) is 5.82 Å². The summed E-state index contributed by atoms with van der Waals surface area (Å²) in [5.41, 5.74) is 1.08. The Hall–Kier alpha value is -1.68. The van der Waals surface area contributed by atoms with Crippen molar-refractivity contribution in [3.8, 4) is 0 Å². The van der Waals surface area contributed by atoms with E-state index in [9.17, 15) is 0 Å². The van der Waals surface area contributed by atoms with Gasteiger partial charge in [-0.2, -0.15) is 0 Å². The third kappa shape index (κ3) is 2.43. The first-order valence-corrected chi connectivity index (χ1v) is 6.55. The number of aromatic nitrogens is 3. The van der Waals surface area contributed by atoms with Crippen LogP contribution in [0.3, 0.4) is 0 Å². The molecule has 0 unspecified atom stereocenters. The van der Waals surface area contributed by atoms with E-state index in [1.54, 1.807) is 0 Å². The highest BCUT2D eigenvalue weighted by atomic mass is 15.1. The zero-order valence-electron chi connectivity index (χ0n) is 10.4. The lowest BCUT2D eigenvalue weighted by molar-refractivity contribution is 0.435. The number of hydrogen-bond donors (Lipinski definition) is 1. The van der Waals surface area contributed by atoms with Gasteiger partial charge in [-0.25, -0.2) is 4.98 Å². The molecule has 0 radical (unpaired) electrons. The third-order valence-electron chi connectivity index (χ3n) is 3.47. The molecular weight excluding hydrogens is 224 g/mol. The van der Waals surface area contributed by atoms with Crippen molar-refractivity contribution < 1.29 is 0 Å². The molecule has 1 fully saturated rings. The molecule has 3 rings (SSSR count). The number of piperidine rings is 1. The van der Waals surface area contributed by atoms with Crippen molar-refractivity contribution in [3.05, 3.63) is 48.3 Å². The monoisotopic (exact) mass is 242 g/mol. The van der Waals surface area contributed by atoms with E-state index in [2.05, 4.69) is 32.1 Å². The van der Waals surface area contributed by atoms with Gasteiger partial charge < -0.3 is 9.88 Å². The predicted molar refractivity (Wildman–Crippen MR) is 70.4 cm³/mol. The van der Waals surface area contributed by atoms with E-state index in [-0.39, 0.29) is 0 Å². The molecule has 0 saturated carbocycles. The lowest BCUT2D eigenvalue weighted by Gasteiger charge is -2.23. The SMILES string of the molecule is c1ccc(Cn2ccnc2[C@@H]2CCCNC2)nc1. The van der Waals surface area contributed by atoms with Gasteiger partial charge in [-0.1, -0.05) is 6.07 Å². The summed E-state index contributed by atoms with van der Waals surface area (Å²) in [6.07, 6.45) is 8.26. The van der Waals surface area contributed by atoms with Crippen LogP contribution in [0.5, 0.6) is 0 Å². The third-order valence-corrected chi connectivity index (χ3v) is 3.47. The summed E-state index contributed by atoms with van der Waals surface area (Å²) in [6, 6.07) is 6.04. The van der Waals surface area contributed by atoms with Gasteiger partial charge in [0.15, 0.2) is 0 Å². The Kier molecular flexibility index (Phi) is 3.37. The van der Waals surface area contributed by atoms with Gasteiger partial charge in [0, 0.05) is 31.1 Å². The van der Waals surface area contributed by atoms with Crippen molar-refractivity contribution >= 4 is 0 Å². The second-order valence-corrected chi connectivity index (χ2v) is 4.78. The molecule has 0 spiro atoms. The maximum absolute atomic E-state index is 4.53. The van der Waals surface area contributed by atoms with Crippen molar-refractivity contribution in [3.63, 3.8) is 0 Å². The summed E-state index contributed by atoms with van der Waals surface area (Å²) >= 11 is 0. The molecule has 2 aromatic heterocycles. The van der Waals surface area contributed by atoms with Gasteiger partial charge in [0.05, 0.1) is 12.2 Å². The zero-order valence-corrected chi connectivity index (χ0v) is 10.4. The zero-order chi connectivity index (χ0) is 12.2. The Morgan fingerprint density at radius 1 is 1.28 bits per heavy atom. The number of nitrogens with zero attached hydrogens (tertiary/aromatic N) is 3. The first kappa shape index (κ1) is 11.4. The highest BCUT2D eigenvalue weighted by Crippen LogP contribution is 2.22. The largest absolute Gasteiger partial charge is 0.329 e. The minimum Gasteiger partial charge on any atom is -0.329 e. The number of nitrogens with one attached hydrogen (secondary N) is 1. The van der Waals surface area contributed by atoms with Gasteiger partial charge in [-0.05, 0) is 31.5 Å². The van der Waals surface area contributed by atoms with Crippen LogP contribution in [0.1, 0.15) is 30.3 Å². The van der Waals surface area contributed by atoms with E-state index in [1.165, 1.54) is 18.7 Å². The Balaban J connectivity index is 1.78. The van der Waals surface area contributed by atoms with Crippen molar-refractivity contribution in [1.29, 1.82) is 0 Å². The van der Waals surface area contributed by atoms with Crippen molar-refractivity contribution in [1.82, 2.24) is 19.9 Å². The topological polar surface area (TPSA) is 42.7 Å². The predicted octanol–water partition coefficient (Wildman–Crippen LogP) is 1.79. The fraction of sp³-hybridized carbons (Fsp3) is 0.429. The Morgan fingerprint density at radius 2 is 2.28 bits per heavy atom. The molecule has 3 heterocycles. The van der Waals surface area contributed by atoms with Gasteiger partial charge in [0.2, 0.25) is 0 Å². The van der Waals surface area contributed by atoms with E-state index in [0.717, 1.165) is 25.3 Å². The van der Waals surface area contributed by atoms with Gasteiger partial charge in [0.25, 0.3) is 0 Å². The second kappa shape index (κ2) is 5.31. The maximum Gasteiger partial charge on any atom is 0.113 e. The summed E-state index contributed by atoms with van der Waals surface area (Å²) in [4.78, 5) is 8.91. The molecule has 94 valence electrons. The molecule has 18 heavy (non-hydrogen) atoms. The lowest BCUT2D eigenvalue weighted by atomic mass is 9.99. The van der Waals surface area contributed by atoms with Crippen LogP contribution in [0.25, 0.3) is 0 Å². The van der Waals surface area contributed by atoms with Crippen molar-refractivity contribution in [2.45, 2.75) is 25.3 Å². The summed E-state index contributed by atoms with van der Waals surface area (Å²) < 4.78 is 2.22. The molecule has 0 bridgehead atoms. The standard InChI is InChI=1S/C14H18N4/c1-2-7-16-13(5-1)11-18-9-8-17-14(18)12-4-3-6-15-10-12/h1-2,5,7-9,12,15H,3-4,6,10-11H2/t12-/m1/s1. The Bertz CT molecular complexity index is 486. The number of hydrogen-bond acceptors (Lipinski definition) is 3. The van der Waals surface area contributed by atoms with Crippen LogP contribution < -0.4 is 5.32 Å². The molecular formula is C14H18N4. The molecule has 1 aliphatic rings. The molecule has 0 amide bonds. The number of imidazole rings is 1. The maximum atomic E-state index is 4.53. The summed E-state index contributed by atoms with van der Waals surface area (Å²) in [5, 5.41) is 3.45. The van der Waals surface area contributed by atoms with Gasteiger partial charge in [-0.3, -0.25) is 4.98 Å². The van der Waals surface area contributed by atoms with Crippen LogP contribution >= 0.6 is 0 Å². The average Bonchev–Trinajstić information content (AvgIpc) is 2.89. The minimum absolute atomic E-state index is 0.539. The fourth-order valence-corrected chi connectivity index (χ4v) is 2.55. The molecule has 1 saturated heterocycles. The normalized spacial score (nSPS) is 19.9. The molecule has 4 heteroatoms. The molecule has 0 aliphatic carbocycles. The fourth-order valence-electron chi connectivity index (χ4n) is 2.55. The summed E-state index contributed by atoms with van der Waals surface area (Å²) in [6.45, 7) is 2.99. The quantitative estimate of drug-likeness (QED) is 0.892. The highest BCUT2D eigenvalue weighted by molar-refractivity contribution is 5.09. The molecule has 1 N–H and O–H groups in total. The summed E-state index contributed by atoms with van der Waals surface area (Å²) in [7, 11) is 0. The molecule has 1 aliphatic heterocycles. The molecule has 4 nitrogen and oxygen atoms in total. The number of rotatable bonds is 3. The Morgan fingerprint density at radius 3 is 3.06 bits per heavy atom. The van der Waals surface area contributed by atoms with E-state index in [1.807, 2.05) is 24.5 Å². The Labute approximate surface area is 107 Å². The van der Waals surface area contributed by atoms with Crippen LogP contribution in [-0.2, 0) is 6.54 Å². The van der Waals surface area contributed by atoms with Crippen LogP contribution in [-0.4, -0.2) is 27.6 Å².